The third-order valence-electron chi connectivity index (χ3n) is 2.78. The molecule has 0 saturated heterocycles. The van der Waals surface area contributed by atoms with Gasteiger partial charge in [0.2, 0.25) is 5.91 Å². The molecule has 5 heteroatoms. The standard InChI is InChI=1S/C14H19IN2O2/c1-3-10(2)17-13(18)8-9-16-14(19)11-6-4-5-7-12(11)15/h4-7,10H,3,8-9H2,1-2H3,(H,16,19)(H,17,18). The van der Waals surface area contributed by atoms with Gasteiger partial charge in [0.15, 0.2) is 0 Å². The fraction of sp³-hybridized carbons (Fsp3) is 0.429. The summed E-state index contributed by atoms with van der Waals surface area (Å²) in [5.41, 5.74) is 0.644. The van der Waals surface area contributed by atoms with Crippen LogP contribution < -0.4 is 10.6 Å². The molecule has 1 atom stereocenters. The molecule has 104 valence electrons. The van der Waals surface area contributed by atoms with Crippen molar-refractivity contribution in [3.8, 4) is 0 Å². The predicted octanol–water partition coefficient (Wildman–Crippen LogP) is 2.33. The van der Waals surface area contributed by atoms with E-state index >= 15 is 0 Å². The van der Waals surface area contributed by atoms with E-state index in [-0.39, 0.29) is 17.9 Å². The van der Waals surface area contributed by atoms with E-state index in [9.17, 15) is 9.59 Å². The van der Waals surface area contributed by atoms with E-state index in [0.717, 1.165) is 9.99 Å². The Bertz CT molecular complexity index is 449. The molecule has 2 N–H and O–H groups in total. The Kier molecular flexibility index (Phi) is 6.83. The van der Waals surface area contributed by atoms with Gasteiger partial charge in [-0.25, -0.2) is 0 Å². The molecule has 0 fully saturated rings. The van der Waals surface area contributed by atoms with E-state index in [1.165, 1.54) is 0 Å². The Labute approximate surface area is 127 Å². The van der Waals surface area contributed by atoms with Crippen LogP contribution in [-0.4, -0.2) is 24.4 Å². The largest absolute Gasteiger partial charge is 0.354 e. The van der Waals surface area contributed by atoms with Gasteiger partial charge < -0.3 is 10.6 Å². The van der Waals surface area contributed by atoms with Gasteiger partial charge in [-0.1, -0.05) is 19.1 Å². The zero-order chi connectivity index (χ0) is 14.3. The molecule has 0 saturated carbocycles. The average Bonchev–Trinajstić information content (AvgIpc) is 2.38. The molecule has 1 rings (SSSR count). The maximum atomic E-state index is 11.9. The molecule has 1 aromatic carbocycles. The molecule has 0 aliphatic heterocycles. The third kappa shape index (κ3) is 5.59. The maximum Gasteiger partial charge on any atom is 0.252 e. The van der Waals surface area contributed by atoms with Gasteiger partial charge in [0.25, 0.3) is 5.91 Å². The minimum atomic E-state index is -0.138. The summed E-state index contributed by atoms with van der Waals surface area (Å²) in [6.45, 7) is 4.33. The van der Waals surface area contributed by atoms with Gasteiger partial charge in [-0.3, -0.25) is 9.59 Å². The molecule has 0 aliphatic rings. The van der Waals surface area contributed by atoms with E-state index in [1.54, 1.807) is 6.07 Å². The number of carbonyl (C=O) groups is 2. The second kappa shape index (κ2) is 8.14. The summed E-state index contributed by atoms with van der Waals surface area (Å²) in [5.74, 6) is -0.168. The van der Waals surface area contributed by atoms with Crippen molar-refractivity contribution in [2.45, 2.75) is 32.7 Å². The number of carbonyl (C=O) groups excluding carboxylic acids is 2. The van der Waals surface area contributed by atoms with Gasteiger partial charge in [0, 0.05) is 22.6 Å². The molecule has 0 heterocycles. The van der Waals surface area contributed by atoms with Crippen molar-refractivity contribution in [3.63, 3.8) is 0 Å². The zero-order valence-electron chi connectivity index (χ0n) is 11.2. The minimum Gasteiger partial charge on any atom is -0.354 e. The van der Waals surface area contributed by atoms with Gasteiger partial charge in [-0.2, -0.15) is 0 Å². The Morgan fingerprint density at radius 1 is 1.32 bits per heavy atom. The monoisotopic (exact) mass is 374 g/mol. The molecule has 2 amide bonds. The van der Waals surface area contributed by atoms with Crippen LogP contribution >= 0.6 is 22.6 Å². The fourth-order valence-electron chi connectivity index (χ4n) is 1.48. The summed E-state index contributed by atoms with van der Waals surface area (Å²) in [5, 5.41) is 5.62. The van der Waals surface area contributed by atoms with E-state index in [0.29, 0.717) is 18.5 Å². The minimum absolute atomic E-state index is 0.0302. The number of hydrogen-bond acceptors (Lipinski definition) is 2. The van der Waals surface area contributed by atoms with Crippen LogP contribution in [-0.2, 0) is 4.79 Å². The Morgan fingerprint density at radius 2 is 2.00 bits per heavy atom. The van der Waals surface area contributed by atoms with E-state index < -0.39 is 0 Å². The second-order valence-corrected chi connectivity index (χ2v) is 5.52. The summed E-state index contributed by atoms with van der Waals surface area (Å²) in [7, 11) is 0. The normalized spacial score (nSPS) is 11.7. The number of benzene rings is 1. The number of rotatable bonds is 6. The summed E-state index contributed by atoms with van der Waals surface area (Å²) in [6.07, 6.45) is 1.21. The first kappa shape index (κ1) is 15.9. The van der Waals surface area contributed by atoms with Gasteiger partial charge in [0.05, 0.1) is 5.56 Å². The number of amides is 2. The topological polar surface area (TPSA) is 58.2 Å². The quantitative estimate of drug-likeness (QED) is 0.751. The van der Waals surface area contributed by atoms with E-state index in [2.05, 4.69) is 33.2 Å². The number of nitrogens with one attached hydrogen (secondary N) is 2. The molecular formula is C14H19IN2O2. The smallest absolute Gasteiger partial charge is 0.252 e. The first-order chi connectivity index (χ1) is 9.04. The average molecular weight is 374 g/mol. The fourth-order valence-corrected chi connectivity index (χ4v) is 2.11. The lowest BCUT2D eigenvalue weighted by molar-refractivity contribution is -0.121. The van der Waals surface area contributed by atoms with Crippen LogP contribution in [0.2, 0.25) is 0 Å². The lowest BCUT2D eigenvalue weighted by atomic mass is 10.2. The lowest BCUT2D eigenvalue weighted by Gasteiger charge is -2.11. The van der Waals surface area contributed by atoms with Crippen molar-refractivity contribution < 1.29 is 9.59 Å². The van der Waals surface area contributed by atoms with Crippen LogP contribution in [0.5, 0.6) is 0 Å². The number of hydrogen-bond donors (Lipinski definition) is 2. The first-order valence-electron chi connectivity index (χ1n) is 6.36. The van der Waals surface area contributed by atoms with Crippen LogP contribution in [0.4, 0.5) is 0 Å². The molecule has 19 heavy (non-hydrogen) atoms. The Hall–Kier alpha value is -1.11. The molecule has 0 bridgehead atoms. The van der Waals surface area contributed by atoms with Crippen molar-refractivity contribution in [1.29, 1.82) is 0 Å². The van der Waals surface area contributed by atoms with Gasteiger partial charge in [0.1, 0.15) is 0 Å². The van der Waals surface area contributed by atoms with Gasteiger partial charge in [-0.05, 0) is 48.1 Å². The van der Waals surface area contributed by atoms with E-state index in [1.807, 2.05) is 32.0 Å². The van der Waals surface area contributed by atoms with Crippen molar-refractivity contribution in [2.75, 3.05) is 6.54 Å². The first-order valence-corrected chi connectivity index (χ1v) is 7.44. The molecule has 0 aromatic heterocycles. The summed E-state index contributed by atoms with van der Waals surface area (Å²) < 4.78 is 0.904. The molecule has 0 aliphatic carbocycles. The molecule has 0 radical (unpaired) electrons. The van der Waals surface area contributed by atoms with Gasteiger partial charge >= 0.3 is 0 Å². The highest BCUT2D eigenvalue weighted by molar-refractivity contribution is 14.1. The van der Waals surface area contributed by atoms with Crippen molar-refractivity contribution in [3.05, 3.63) is 33.4 Å². The van der Waals surface area contributed by atoms with Crippen LogP contribution in [0, 0.1) is 3.57 Å². The van der Waals surface area contributed by atoms with Gasteiger partial charge in [-0.15, -0.1) is 0 Å². The SMILES string of the molecule is CCC(C)NC(=O)CCNC(=O)c1ccccc1I. The van der Waals surface area contributed by atoms with Crippen molar-refractivity contribution in [2.24, 2.45) is 0 Å². The molecule has 1 unspecified atom stereocenters. The Morgan fingerprint density at radius 3 is 2.63 bits per heavy atom. The molecular weight excluding hydrogens is 355 g/mol. The van der Waals surface area contributed by atoms with Crippen LogP contribution in [0.1, 0.15) is 37.0 Å². The maximum absolute atomic E-state index is 11.9. The van der Waals surface area contributed by atoms with Crippen LogP contribution in [0.15, 0.2) is 24.3 Å². The highest BCUT2D eigenvalue weighted by atomic mass is 127. The summed E-state index contributed by atoms with van der Waals surface area (Å²) in [4.78, 5) is 23.4. The number of halogens is 1. The second-order valence-electron chi connectivity index (χ2n) is 4.36. The zero-order valence-corrected chi connectivity index (χ0v) is 13.4. The molecule has 1 aromatic rings. The lowest BCUT2D eigenvalue weighted by Crippen LogP contribution is -2.35. The molecule has 0 spiro atoms. The summed E-state index contributed by atoms with van der Waals surface area (Å²) in [6, 6.07) is 7.55. The summed E-state index contributed by atoms with van der Waals surface area (Å²) >= 11 is 2.12. The highest BCUT2D eigenvalue weighted by Crippen LogP contribution is 2.10. The molecule has 4 nitrogen and oxygen atoms in total. The van der Waals surface area contributed by atoms with Crippen LogP contribution in [0.25, 0.3) is 0 Å². The predicted molar refractivity (Wildman–Crippen MR) is 84.0 cm³/mol. The van der Waals surface area contributed by atoms with E-state index in [4.69, 9.17) is 0 Å². The van der Waals surface area contributed by atoms with Crippen molar-refractivity contribution >= 4 is 34.4 Å². The third-order valence-corrected chi connectivity index (χ3v) is 3.72. The highest BCUT2D eigenvalue weighted by Gasteiger charge is 2.10. The van der Waals surface area contributed by atoms with Crippen LogP contribution in [0.3, 0.4) is 0 Å². The Balaban J connectivity index is 2.36. The van der Waals surface area contributed by atoms with Crippen molar-refractivity contribution in [1.82, 2.24) is 10.6 Å².